The van der Waals surface area contributed by atoms with Gasteiger partial charge in [0.15, 0.2) is 0 Å². The second-order valence-electron chi connectivity index (χ2n) is 18.0. The molecule has 17 nitrogen and oxygen atoms in total. The van der Waals surface area contributed by atoms with E-state index in [1.807, 2.05) is 65.7 Å². The molecule has 2 aliphatic heterocycles. The predicted octanol–water partition coefficient (Wildman–Crippen LogP) is 6.75. The van der Waals surface area contributed by atoms with Gasteiger partial charge in [-0.3, -0.25) is 24.4 Å². The molecule has 0 fully saturated rings. The number of fused-ring (bicyclic) bond motifs is 8. The van der Waals surface area contributed by atoms with Gasteiger partial charge in [-0.2, -0.15) is 0 Å². The third kappa shape index (κ3) is 10.3. The summed E-state index contributed by atoms with van der Waals surface area (Å²) in [5.41, 5.74) is 14.1. The van der Waals surface area contributed by atoms with E-state index in [9.17, 15) is 14.4 Å². The summed E-state index contributed by atoms with van der Waals surface area (Å²) in [5.74, 6) is 3.38. The number of hydrogen-bond donors (Lipinski definition) is 4. The lowest BCUT2D eigenvalue weighted by atomic mass is 9.87. The van der Waals surface area contributed by atoms with Crippen LogP contribution in [-0.2, 0) is 53.2 Å². The topological polar surface area (TPSA) is 215 Å². The number of nitrogens with one attached hydrogen (secondary N) is 3. The second-order valence-corrected chi connectivity index (χ2v) is 20.2. The third-order valence-corrected chi connectivity index (χ3v) is 15.1. The molecule has 3 amide bonds. The molecule has 5 N–H and O–H groups in total. The zero-order valence-corrected chi connectivity index (χ0v) is 41.3. The van der Waals surface area contributed by atoms with Crippen LogP contribution in [0.5, 0.6) is 11.5 Å². The number of benzene rings is 2. The number of carbonyl (C=O) groups is 3. The first-order valence-corrected chi connectivity index (χ1v) is 25.2. The van der Waals surface area contributed by atoms with Crippen LogP contribution in [0.3, 0.4) is 0 Å². The van der Waals surface area contributed by atoms with Gasteiger partial charge in [0.05, 0.1) is 41.8 Å². The number of nitrogens with zero attached hydrogens (tertiary/aromatic N) is 8. The highest BCUT2D eigenvalue weighted by Crippen LogP contribution is 2.44. The molecule has 2 aromatic carbocycles. The van der Waals surface area contributed by atoms with E-state index in [2.05, 4.69) is 51.9 Å². The number of aromatic nitrogens is 4. The molecule has 69 heavy (non-hydrogen) atoms. The highest BCUT2D eigenvalue weighted by atomic mass is 32.1. The normalized spacial score (nSPS) is 16.2. The van der Waals surface area contributed by atoms with Gasteiger partial charge < -0.3 is 41.0 Å². The number of rotatable bonds is 15. The molecular formula is C50H58N12O5S2. The molecule has 2 atom stereocenters. The Balaban J connectivity index is 0.000000174. The summed E-state index contributed by atoms with van der Waals surface area (Å²) in [6, 6.07) is 8.13. The fourth-order valence-corrected chi connectivity index (χ4v) is 11.9. The number of carbonyl (C=O) groups excluding carboxylic acids is 3. The van der Waals surface area contributed by atoms with E-state index in [-0.39, 0.29) is 29.6 Å². The van der Waals surface area contributed by atoms with Crippen molar-refractivity contribution in [3.8, 4) is 11.5 Å². The fraction of sp³-hybridized carbons (Fsp3) is 0.420. The summed E-state index contributed by atoms with van der Waals surface area (Å²) in [6.07, 6.45) is 13.1. The molecule has 19 heteroatoms. The maximum atomic E-state index is 12.6. The van der Waals surface area contributed by atoms with Gasteiger partial charge in [-0.15, -0.1) is 22.7 Å². The van der Waals surface area contributed by atoms with Gasteiger partial charge in [-0.1, -0.05) is 6.92 Å². The van der Waals surface area contributed by atoms with Crippen LogP contribution in [0.15, 0.2) is 46.9 Å². The summed E-state index contributed by atoms with van der Waals surface area (Å²) in [7, 11) is 7.27. The van der Waals surface area contributed by atoms with Crippen LogP contribution >= 0.6 is 22.7 Å². The molecule has 0 saturated heterocycles. The quantitative estimate of drug-likeness (QED) is 0.0787. The van der Waals surface area contributed by atoms with Crippen molar-refractivity contribution in [2.75, 3.05) is 65.1 Å². The van der Waals surface area contributed by atoms with Crippen LogP contribution in [0, 0.1) is 11.8 Å². The first kappa shape index (κ1) is 47.5. The van der Waals surface area contributed by atoms with Crippen molar-refractivity contribution >= 4 is 96.3 Å². The smallest absolute Gasteiger partial charge is 0.225 e. The molecule has 0 saturated carbocycles. The van der Waals surface area contributed by atoms with Gasteiger partial charge in [-0.25, -0.2) is 19.9 Å². The van der Waals surface area contributed by atoms with Gasteiger partial charge in [0.25, 0.3) is 0 Å². The first-order valence-electron chi connectivity index (χ1n) is 23.5. The molecule has 6 aromatic rings. The van der Waals surface area contributed by atoms with Gasteiger partial charge >= 0.3 is 0 Å². The van der Waals surface area contributed by atoms with Crippen molar-refractivity contribution in [2.24, 2.45) is 27.6 Å². The second kappa shape index (κ2) is 21.0. The molecule has 0 bridgehead atoms. The van der Waals surface area contributed by atoms with E-state index in [1.54, 1.807) is 45.1 Å². The molecule has 4 aromatic heterocycles. The molecule has 10 rings (SSSR count). The van der Waals surface area contributed by atoms with Crippen LogP contribution in [0.2, 0.25) is 0 Å². The van der Waals surface area contributed by atoms with Crippen molar-refractivity contribution in [3.05, 3.63) is 80.1 Å². The van der Waals surface area contributed by atoms with Gasteiger partial charge in [0.1, 0.15) is 58.7 Å². The highest BCUT2D eigenvalue weighted by molar-refractivity contribution is 7.19. The third-order valence-electron chi connectivity index (χ3n) is 12.8. The molecule has 0 unspecified atom stereocenters. The lowest BCUT2D eigenvalue weighted by Gasteiger charge is -2.24. The van der Waals surface area contributed by atoms with Crippen molar-refractivity contribution in [1.29, 1.82) is 0 Å². The van der Waals surface area contributed by atoms with Crippen LogP contribution in [0.1, 0.15) is 75.7 Å². The molecule has 0 spiro atoms. The van der Waals surface area contributed by atoms with Gasteiger partial charge in [0.2, 0.25) is 17.7 Å². The average molecular weight is 971 g/mol. The summed E-state index contributed by atoms with van der Waals surface area (Å²) >= 11 is 3.32. The number of hydrogen-bond acceptors (Lipinski definition) is 16. The lowest BCUT2D eigenvalue weighted by Crippen LogP contribution is -2.32. The van der Waals surface area contributed by atoms with E-state index in [0.29, 0.717) is 51.6 Å². The summed E-state index contributed by atoms with van der Waals surface area (Å²) in [6.45, 7) is 4.95. The number of thiophene rings is 2. The number of nitrogens with two attached hydrogens (primary N) is 1. The maximum Gasteiger partial charge on any atom is 0.225 e. The van der Waals surface area contributed by atoms with E-state index in [1.165, 1.54) is 20.9 Å². The van der Waals surface area contributed by atoms with E-state index in [4.69, 9.17) is 15.2 Å². The Morgan fingerprint density at radius 1 is 0.710 bits per heavy atom. The Bertz CT molecular complexity index is 2980. The minimum Gasteiger partial charge on any atom is -0.490 e. The Labute approximate surface area is 409 Å². The van der Waals surface area contributed by atoms with Gasteiger partial charge in [-0.05, 0) is 103 Å². The minimum atomic E-state index is 0.00810. The summed E-state index contributed by atoms with van der Waals surface area (Å²) < 4.78 is 12.0. The number of amides is 3. The standard InChI is InChI=1S/C27H32N6O3S.C23H26N6O2S/c1-4-5-23(34)29-8-9-36-21-11-18-14-28-13-17(18)10-20(21)32-25-24-19-7-6-16(27(35)33(2)3)12-22(19)37-26(24)31-15-30-25;1-29(2)23(30)13-3-4-16-19(9-13)32-22-20(16)21(26-12-27-22)28-17-7-14-10-25-11-15(14)8-18(17)31-6-5-24/h10-11,13,15-16H,4-9,12,14H2,1-3H3,(H,29,34)(H,30,31,32);7-8,10,12-13H,3-6,9,11,24H2,1-2H3,(H,26,27,28)/t16-;13-/m00/s1. The molecule has 360 valence electrons. The van der Waals surface area contributed by atoms with Crippen LogP contribution in [0.25, 0.3) is 20.4 Å². The Kier molecular flexibility index (Phi) is 14.4. The van der Waals surface area contributed by atoms with E-state index >= 15 is 0 Å². The fourth-order valence-electron chi connectivity index (χ4n) is 9.36. The Morgan fingerprint density at radius 2 is 1.20 bits per heavy atom. The average Bonchev–Trinajstić information content (AvgIpc) is 4.16. The number of aryl methyl sites for hydroxylation is 2. The zero-order valence-electron chi connectivity index (χ0n) is 39.7. The molecule has 0 radical (unpaired) electrons. The summed E-state index contributed by atoms with van der Waals surface area (Å²) in [5, 5.41) is 12.0. The van der Waals surface area contributed by atoms with Gasteiger partial charge in [0, 0.05) is 75.2 Å². The first-order chi connectivity index (χ1) is 33.5. The summed E-state index contributed by atoms with van der Waals surface area (Å²) in [4.78, 5) is 71.6. The molecule has 6 heterocycles. The largest absolute Gasteiger partial charge is 0.490 e. The van der Waals surface area contributed by atoms with Crippen LogP contribution in [-0.4, -0.2) is 114 Å². The predicted molar refractivity (Wildman–Crippen MR) is 273 cm³/mol. The van der Waals surface area contributed by atoms with Crippen LogP contribution < -0.4 is 31.2 Å². The monoisotopic (exact) mass is 970 g/mol. The van der Waals surface area contributed by atoms with Crippen molar-refractivity contribution < 1.29 is 23.9 Å². The number of anilines is 4. The SMILES string of the molecule is CCCC(=O)NCCOc1cc2c(cc1Nc1ncnc3sc4c(c13)CC[C@H](C(=O)N(C)C)C4)C=NC2.CN(C)C(=O)[C@H]1CCc2c(sc3ncnc(Nc4cc5c(cc4OCCN)CN=C5)c23)C1. The molecule has 4 aliphatic rings. The molecular weight excluding hydrogens is 913 g/mol. The lowest BCUT2D eigenvalue weighted by molar-refractivity contribution is -0.134. The zero-order chi connectivity index (χ0) is 48.2. The molecule has 2 aliphatic carbocycles. The maximum absolute atomic E-state index is 12.6. The van der Waals surface area contributed by atoms with Crippen molar-refractivity contribution in [2.45, 2.75) is 71.4 Å². The van der Waals surface area contributed by atoms with Crippen molar-refractivity contribution in [3.63, 3.8) is 0 Å². The Hall–Kier alpha value is -6.57. The Morgan fingerprint density at radius 3 is 1.67 bits per heavy atom. The number of aliphatic imine (C=N–C) groups is 2. The van der Waals surface area contributed by atoms with E-state index < -0.39 is 0 Å². The van der Waals surface area contributed by atoms with Crippen LogP contribution in [0.4, 0.5) is 23.0 Å². The highest BCUT2D eigenvalue weighted by Gasteiger charge is 2.32. The van der Waals surface area contributed by atoms with E-state index in [0.717, 1.165) is 116 Å². The minimum absolute atomic E-state index is 0.00810. The van der Waals surface area contributed by atoms with Crippen molar-refractivity contribution in [1.82, 2.24) is 35.1 Å². The number of ether oxygens (including phenoxy) is 2.